The van der Waals surface area contributed by atoms with E-state index in [0.717, 1.165) is 28.8 Å². The molecule has 1 aromatic heterocycles. The molecule has 4 nitrogen and oxygen atoms in total. The van der Waals surface area contributed by atoms with Crippen LogP contribution in [0.2, 0.25) is 0 Å². The van der Waals surface area contributed by atoms with E-state index in [9.17, 15) is 8.42 Å². The molecule has 1 unspecified atom stereocenters. The van der Waals surface area contributed by atoms with E-state index < -0.39 is 9.84 Å². The molecule has 0 bridgehead atoms. The van der Waals surface area contributed by atoms with Crippen molar-refractivity contribution in [2.75, 3.05) is 11.5 Å². The lowest BCUT2D eigenvalue weighted by molar-refractivity contribution is 0.490. The minimum Gasteiger partial charge on any atom is -0.326 e. The van der Waals surface area contributed by atoms with Crippen LogP contribution in [0.4, 0.5) is 0 Å². The highest BCUT2D eigenvalue weighted by Gasteiger charge is 2.29. The summed E-state index contributed by atoms with van der Waals surface area (Å²) in [6.07, 6.45) is 0.732. The molecule has 1 fully saturated rings. The summed E-state index contributed by atoms with van der Waals surface area (Å²) in [5.41, 5.74) is 3.15. The maximum absolute atomic E-state index is 11.6. The molecular weight excluding hydrogens is 296 g/mol. The first-order chi connectivity index (χ1) is 9.50. The van der Waals surface area contributed by atoms with E-state index in [1.165, 1.54) is 0 Å². The summed E-state index contributed by atoms with van der Waals surface area (Å²) >= 11 is 6.00. The van der Waals surface area contributed by atoms with E-state index in [1.54, 1.807) is 0 Å². The highest BCUT2D eigenvalue weighted by atomic mass is 35.5. The van der Waals surface area contributed by atoms with Crippen LogP contribution < -0.4 is 0 Å². The van der Waals surface area contributed by atoms with Crippen LogP contribution in [-0.4, -0.2) is 29.5 Å². The third kappa shape index (κ3) is 2.44. The zero-order valence-electron chi connectivity index (χ0n) is 11.3. The number of rotatable bonds is 3. The Hall–Kier alpha value is -1.07. The Bertz CT molecular complexity index is 752. The summed E-state index contributed by atoms with van der Waals surface area (Å²) in [7, 11) is -2.85. The zero-order chi connectivity index (χ0) is 14.3. The predicted molar refractivity (Wildman–Crippen MR) is 80.8 cm³/mol. The maximum atomic E-state index is 11.6. The van der Waals surface area contributed by atoms with Crippen molar-refractivity contribution < 1.29 is 8.42 Å². The predicted octanol–water partition coefficient (Wildman–Crippen LogP) is 2.52. The molecule has 6 heteroatoms. The van der Waals surface area contributed by atoms with Crippen molar-refractivity contribution in [3.8, 4) is 0 Å². The van der Waals surface area contributed by atoms with Crippen LogP contribution in [0.5, 0.6) is 0 Å². The van der Waals surface area contributed by atoms with Gasteiger partial charge in [0.25, 0.3) is 0 Å². The summed E-state index contributed by atoms with van der Waals surface area (Å²) in [6, 6.07) is 6.00. The fourth-order valence-corrected chi connectivity index (χ4v) is 5.04. The van der Waals surface area contributed by atoms with Gasteiger partial charge in [-0.05, 0) is 30.9 Å². The molecule has 1 aromatic carbocycles. The summed E-state index contributed by atoms with van der Waals surface area (Å²) in [6.45, 7) is 2.73. The van der Waals surface area contributed by atoms with E-state index in [4.69, 9.17) is 11.6 Å². The molecule has 3 rings (SSSR count). The summed E-state index contributed by atoms with van der Waals surface area (Å²) in [4.78, 5) is 4.55. The molecule has 0 radical (unpaired) electrons. The molecule has 0 saturated carbocycles. The van der Waals surface area contributed by atoms with Gasteiger partial charge in [0.05, 0.1) is 28.4 Å². The lowest BCUT2D eigenvalue weighted by atomic mass is 10.1. The Morgan fingerprint density at radius 1 is 1.45 bits per heavy atom. The number of fused-ring (bicyclic) bond motifs is 1. The number of alkyl halides is 1. The summed E-state index contributed by atoms with van der Waals surface area (Å²) in [5, 5.41) is 0. The first-order valence-corrected chi connectivity index (χ1v) is 9.07. The number of para-hydroxylation sites is 1. The number of benzene rings is 1. The average Bonchev–Trinajstić information content (AvgIpc) is 2.91. The fraction of sp³-hybridized carbons (Fsp3) is 0.500. The third-order valence-corrected chi connectivity index (χ3v) is 6.01. The van der Waals surface area contributed by atoms with Gasteiger partial charge < -0.3 is 4.57 Å². The van der Waals surface area contributed by atoms with Gasteiger partial charge in [0.15, 0.2) is 9.84 Å². The fourth-order valence-electron chi connectivity index (χ4n) is 2.99. The third-order valence-electron chi connectivity index (χ3n) is 3.93. The quantitative estimate of drug-likeness (QED) is 0.818. The van der Waals surface area contributed by atoms with Gasteiger partial charge >= 0.3 is 0 Å². The highest BCUT2D eigenvalue weighted by Crippen LogP contribution is 2.26. The van der Waals surface area contributed by atoms with Crippen molar-refractivity contribution >= 4 is 32.5 Å². The molecule has 1 aliphatic rings. The molecule has 1 aliphatic heterocycles. The van der Waals surface area contributed by atoms with Crippen LogP contribution in [0.15, 0.2) is 18.2 Å². The number of aromatic nitrogens is 2. The molecule has 0 N–H and O–H groups in total. The van der Waals surface area contributed by atoms with Gasteiger partial charge in [0.1, 0.15) is 5.82 Å². The van der Waals surface area contributed by atoms with Crippen molar-refractivity contribution in [2.45, 2.75) is 25.8 Å². The average molecular weight is 313 g/mol. The van der Waals surface area contributed by atoms with E-state index in [1.807, 2.05) is 25.1 Å². The lowest BCUT2D eigenvalue weighted by Gasteiger charge is -2.13. The summed E-state index contributed by atoms with van der Waals surface area (Å²) < 4.78 is 25.3. The molecule has 2 heterocycles. The number of nitrogens with zero attached hydrogens (tertiary/aromatic N) is 2. The van der Waals surface area contributed by atoms with Gasteiger partial charge in [-0.25, -0.2) is 13.4 Å². The standard InChI is InChI=1S/C14H17ClN2O2S/c1-10-3-2-4-12-14(10)17(13(7-15)16-12)8-11-5-6-20(18,19)9-11/h2-4,11H,5-9H2,1H3. The maximum Gasteiger partial charge on any atom is 0.150 e. The topological polar surface area (TPSA) is 52.0 Å². The first kappa shape index (κ1) is 13.9. The van der Waals surface area contributed by atoms with Crippen LogP contribution in [-0.2, 0) is 22.3 Å². The van der Waals surface area contributed by atoms with E-state index in [-0.39, 0.29) is 11.7 Å². The summed E-state index contributed by atoms with van der Waals surface area (Å²) in [5.74, 6) is 1.91. The second-order valence-electron chi connectivity index (χ2n) is 5.48. The van der Waals surface area contributed by atoms with Crippen molar-refractivity contribution in [1.82, 2.24) is 9.55 Å². The minimum absolute atomic E-state index is 0.166. The van der Waals surface area contributed by atoms with Gasteiger partial charge in [-0.2, -0.15) is 0 Å². The SMILES string of the molecule is Cc1cccc2nc(CCl)n(CC3CCS(=O)(=O)C3)c12. The molecule has 0 spiro atoms. The van der Waals surface area contributed by atoms with Crippen LogP contribution in [0.1, 0.15) is 17.8 Å². The molecule has 1 atom stereocenters. The van der Waals surface area contributed by atoms with Gasteiger partial charge in [0.2, 0.25) is 0 Å². The molecule has 108 valence electrons. The van der Waals surface area contributed by atoms with E-state index in [2.05, 4.69) is 9.55 Å². The Kier molecular flexibility index (Phi) is 3.50. The molecule has 1 saturated heterocycles. The second kappa shape index (κ2) is 5.04. The zero-order valence-corrected chi connectivity index (χ0v) is 12.9. The van der Waals surface area contributed by atoms with E-state index >= 15 is 0 Å². The highest BCUT2D eigenvalue weighted by molar-refractivity contribution is 7.91. The van der Waals surface area contributed by atoms with Crippen LogP contribution in [0.3, 0.4) is 0 Å². The van der Waals surface area contributed by atoms with Crippen LogP contribution >= 0.6 is 11.6 Å². The van der Waals surface area contributed by atoms with Gasteiger partial charge in [-0.3, -0.25) is 0 Å². The molecular formula is C14H17ClN2O2S. The number of hydrogen-bond donors (Lipinski definition) is 0. The normalized spacial score (nSPS) is 21.6. The largest absolute Gasteiger partial charge is 0.326 e. The molecule has 2 aromatic rings. The smallest absolute Gasteiger partial charge is 0.150 e. The van der Waals surface area contributed by atoms with E-state index in [0.29, 0.717) is 18.2 Å². The van der Waals surface area contributed by atoms with Crippen molar-refractivity contribution in [2.24, 2.45) is 5.92 Å². The molecule has 0 aliphatic carbocycles. The van der Waals surface area contributed by atoms with Crippen molar-refractivity contribution in [3.63, 3.8) is 0 Å². The Morgan fingerprint density at radius 2 is 2.25 bits per heavy atom. The monoisotopic (exact) mass is 312 g/mol. The Morgan fingerprint density at radius 3 is 2.90 bits per heavy atom. The van der Waals surface area contributed by atoms with Crippen LogP contribution in [0.25, 0.3) is 11.0 Å². The number of aryl methyl sites for hydroxylation is 1. The van der Waals surface area contributed by atoms with Crippen molar-refractivity contribution in [3.05, 3.63) is 29.6 Å². The number of hydrogen-bond acceptors (Lipinski definition) is 3. The minimum atomic E-state index is -2.85. The molecule has 0 amide bonds. The first-order valence-electron chi connectivity index (χ1n) is 6.71. The van der Waals surface area contributed by atoms with Crippen LogP contribution in [0, 0.1) is 12.8 Å². The van der Waals surface area contributed by atoms with Gasteiger partial charge in [0, 0.05) is 6.54 Å². The van der Waals surface area contributed by atoms with Gasteiger partial charge in [-0.1, -0.05) is 12.1 Å². The molecule has 20 heavy (non-hydrogen) atoms. The second-order valence-corrected chi connectivity index (χ2v) is 7.98. The van der Waals surface area contributed by atoms with Gasteiger partial charge in [-0.15, -0.1) is 11.6 Å². The number of sulfone groups is 1. The number of halogens is 1. The lowest BCUT2D eigenvalue weighted by Crippen LogP contribution is -2.14. The number of imidazole rings is 1. The Labute approximate surface area is 123 Å². The van der Waals surface area contributed by atoms with Crippen molar-refractivity contribution in [1.29, 1.82) is 0 Å². The Balaban J connectivity index is 2.02.